The number of carboxylic acids is 1. The molecule has 0 saturated carbocycles. The fourth-order valence-electron chi connectivity index (χ4n) is 1.25. The minimum atomic E-state index is -0.745. The summed E-state index contributed by atoms with van der Waals surface area (Å²) in [7, 11) is 0. The van der Waals surface area contributed by atoms with Gasteiger partial charge >= 0.3 is 5.97 Å². The molecule has 0 bridgehead atoms. The van der Waals surface area contributed by atoms with E-state index in [0.29, 0.717) is 19.6 Å². The Labute approximate surface area is 95.2 Å². The predicted octanol–water partition coefficient (Wildman–Crippen LogP) is 1.96. The second kappa shape index (κ2) is 7.84. The van der Waals surface area contributed by atoms with Crippen LogP contribution >= 0.6 is 0 Å². The van der Waals surface area contributed by atoms with Crippen LogP contribution in [-0.2, 0) is 16.2 Å². The SMILES string of the molecule is O=C(O)CCCCNOCc1ccccc1. The summed E-state index contributed by atoms with van der Waals surface area (Å²) in [5.41, 5.74) is 3.93. The minimum Gasteiger partial charge on any atom is -0.481 e. The van der Waals surface area contributed by atoms with Crippen molar-refractivity contribution in [2.45, 2.75) is 25.9 Å². The lowest BCUT2D eigenvalue weighted by Crippen LogP contribution is -2.16. The second-order valence-electron chi connectivity index (χ2n) is 3.52. The minimum absolute atomic E-state index is 0.223. The molecule has 4 nitrogen and oxygen atoms in total. The quantitative estimate of drug-likeness (QED) is 0.522. The van der Waals surface area contributed by atoms with E-state index in [4.69, 9.17) is 9.94 Å². The van der Waals surface area contributed by atoms with Crippen LogP contribution in [0.3, 0.4) is 0 Å². The average molecular weight is 223 g/mol. The van der Waals surface area contributed by atoms with Gasteiger partial charge in [0.2, 0.25) is 0 Å². The summed E-state index contributed by atoms with van der Waals surface area (Å²) >= 11 is 0. The van der Waals surface area contributed by atoms with Crippen molar-refractivity contribution in [1.82, 2.24) is 5.48 Å². The van der Waals surface area contributed by atoms with Crippen LogP contribution in [0.15, 0.2) is 30.3 Å². The molecular weight excluding hydrogens is 206 g/mol. The summed E-state index contributed by atoms with van der Waals surface area (Å²) in [5, 5.41) is 8.41. The van der Waals surface area contributed by atoms with Gasteiger partial charge in [-0.3, -0.25) is 9.63 Å². The fourth-order valence-corrected chi connectivity index (χ4v) is 1.25. The number of hydroxylamine groups is 1. The molecule has 0 atom stereocenters. The molecule has 0 heterocycles. The maximum atomic E-state index is 10.2. The van der Waals surface area contributed by atoms with Gasteiger partial charge in [0, 0.05) is 13.0 Å². The van der Waals surface area contributed by atoms with Crippen LogP contribution in [-0.4, -0.2) is 17.6 Å². The molecule has 2 N–H and O–H groups in total. The number of aliphatic carboxylic acids is 1. The third kappa shape index (κ3) is 6.16. The fraction of sp³-hybridized carbons (Fsp3) is 0.417. The standard InChI is InChI=1S/C12H17NO3/c14-12(15)8-4-5-9-13-16-10-11-6-2-1-3-7-11/h1-3,6-7,13H,4-5,8-10H2,(H,14,15). The summed E-state index contributed by atoms with van der Waals surface area (Å²) in [6, 6.07) is 9.87. The smallest absolute Gasteiger partial charge is 0.303 e. The number of carbonyl (C=O) groups is 1. The van der Waals surface area contributed by atoms with E-state index in [9.17, 15) is 4.79 Å². The summed E-state index contributed by atoms with van der Waals surface area (Å²) in [4.78, 5) is 15.5. The first-order valence-corrected chi connectivity index (χ1v) is 5.39. The summed E-state index contributed by atoms with van der Waals surface area (Å²) in [6.45, 7) is 1.21. The molecule has 1 aromatic rings. The van der Waals surface area contributed by atoms with Gasteiger partial charge in [-0.05, 0) is 18.4 Å². The topological polar surface area (TPSA) is 58.6 Å². The molecule has 0 aromatic heterocycles. The molecule has 1 rings (SSSR count). The van der Waals surface area contributed by atoms with Crippen molar-refractivity contribution in [1.29, 1.82) is 0 Å². The molecule has 0 aliphatic heterocycles. The van der Waals surface area contributed by atoms with Gasteiger partial charge in [0.05, 0.1) is 6.61 Å². The van der Waals surface area contributed by atoms with Gasteiger partial charge in [0.1, 0.15) is 0 Å². The monoisotopic (exact) mass is 223 g/mol. The Bertz CT molecular complexity index is 300. The van der Waals surface area contributed by atoms with Crippen molar-refractivity contribution >= 4 is 5.97 Å². The number of rotatable bonds is 8. The van der Waals surface area contributed by atoms with Crippen LogP contribution in [0.4, 0.5) is 0 Å². The zero-order valence-electron chi connectivity index (χ0n) is 9.19. The highest BCUT2D eigenvalue weighted by Gasteiger charge is 1.96. The van der Waals surface area contributed by atoms with Crippen molar-refractivity contribution in [3.63, 3.8) is 0 Å². The van der Waals surface area contributed by atoms with Gasteiger partial charge in [-0.15, -0.1) is 0 Å². The van der Waals surface area contributed by atoms with Crippen LogP contribution in [0.25, 0.3) is 0 Å². The number of nitrogens with one attached hydrogen (secondary N) is 1. The van der Waals surface area contributed by atoms with E-state index in [2.05, 4.69) is 5.48 Å². The Morgan fingerprint density at radius 1 is 1.25 bits per heavy atom. The van der Waals surface area contributed by atoms with Crippen LogP contribution < -0.4 is 5.48 Å². The van der Waals surface area contributed by atoms with Gasteiger partial charge in [-0.2, -0.15) is 0 Å². The van der Waals surface area contributed by atoms with Crippen LogP contribution in [0.5, 0.6) is 0 Å². The first-order chi connectivity index (χ1) is 7.79. The Morgan fingerprint density at radius 2 is 2.00 bits per heavy atom. The van der Waals surface area contributed by atoms with E-state index in [-0.39, 0.29) is 6.42 Å². The number of hydrogen-bond acceptors (Lipinski definition) is 3. The summed E-state index contributed by atoms with van der Waals surface area (Å²) < 4.78 is 0. The first kappa shape index (κ1) is 12.7. The molecule has 0 amide bonds. The Kier molecular flexibility index (Phi) is 6.22. The molecule has 88 valence electrons. The van der Waals surface area contributed by atoms with E-state index in [1.807, 2.05) is 30.3 Å². The molecule has 0 saturated heterocycles. The number of unbranched alkanes of at least 4 members (excludes halogenated alkanes) is 1. The average Bonchev–Trinajstić information content (AvgIpc) is 2.29. The van der Waals surface area contributed by atoms with E-state index >= 15 is 0 Å². The van der Waals surface area contributed by atoms with Crippen molar-refractivity contribution in [2.75, 3.05) is 6.54 Å². The molecule has 0 spiro atoms. The van der Waals surface area contributed by atoms with Crippen LogP contribution in [0.1, 0.15) is 24.8 Å². The maximum absolute atomic E-state index is 10.2. The van der Waals surface area contributed by atoms with Gasteiger partial charge in [0.25, 0.3) is 0 Å². The molecule has 0 fully saturated rings. The largest absolute Gasteiger partial charge is 0.481 e. The predicted molar refractivity (Wildman–Crippen MR) is 60.7 cm³/mol. The van der Waals surface area contributed by atoms with Crippen LogP contribution in [0.2, 0.25) is 0 Å². The van der Waals surface area contributed by atoms with E-state index in [1.54, 1.807) is 0 Å². The Morgan fingerprint density at radius 3 is 2.69 bits per heavy atom. The van der Waals surface area contributed by atoms with Crippen molar-refractivity contribution in [2.24, 2.45) is 0 Å². The lowest BCUT2D eigenvalue weighted by molar-refractivity contribution is -0.137. The highest BCUT2D eigenvalue weighted by Crippen LogP contribution is 1.99. The van der Waals surface area contributed by atoms with Crippen molar-refractivity contribution < 1.29 is 14.7 Å². The number of benzene rings is 1. The normalized spacial score (nSPS) is 10.2. The molecule has 0 radical (unpaired) electrons. The van der Waals surface area contributed by atoms with Crippen molar-refractivity contribution in [3.8, 4) is 0 Å². The van der Waals surface area contributed by atoms with Gasteiger partial charge < -0.3 is 5.11 Å². The number of carboxylic acid groups (broad SMARTS) is 1. The second-order valence-corrected chi connectivity index (χ2v) is 3.52. The molecule has 0 aliphatic rings. The van der Waals surface area contributed by atoms with Gasteiger partial charge in [0.15, 0.2) is 0 Å². The lowest BCUT2D eigenvalue weighted by Gasteiger charge is -2.05. The highest BCUT2D eigenvalue weighted by atomic mass is 16.6. The summed E-state index contributed by atoms with van der Waals surface area (Å²) in [6.07, 6.45) is 1.71. The molecule has 4 heteroatoms. The Balaban J connectivity index is 1.94. The first-order valence-electron chi connectivity index (χ1n) is 5.39. The highest BCUT2D eigenvalue weighted by molar-refractivity contribution is 5.66. The third-order valence-electron chi connectivity index (χ3n) is 2.10. The Hall–Kier alpha value is -1.39. The molecule has 16 heavy (non-hydrogen) atoms. The number of hydrogen-bond donors (Lipinski definition) is 2. The van der Waals surface area contributed by atoms with E-state index in [0.717, 1.165) is 12.0 Å². The third-order valence-corrected chi connectivity index (χ3v) is 2.10. The van der Waals surface area contributed by atoms with Crippen molar-refractivity contribution in [3.05, 3.63) is 35.9 Å². The van der Waals surface area contributed by atoms with E-state index < -0.39 is 5.97 Å². The molecule has 1 aromatic carbocycles. The van der Waals surface area contributed by atoms with Crippen LogP contribution in [0, 0.1) is 0 Å². The lowest BCUT2D eigenvalue weighted by atomic mass is 10.2. The zero-order valence-corrected chi connectivity index (χ0v) is 9.19. The van der Waals surface area contributed by atoms with E-state index in [1.165, 1.54) is 0 Å². The van der Waals surface area contributed by atoms with Gasteiger partial charge in [-0.1, -0.05) is 30.3 Å². The summed E-state index contributed by atoms with van der Waals surface area (Å²) in [5.74, 6) is -0.745. The zero-order chi connectivity index (χ0) is 11.6. The molecular formula is C12H17NO3. The molecule has 0 unspecified atom stereocenters. The maximum Gasteiger partial charge on any atom is 0.303 e. The van der Waals surface area contributed by atoms with Gasteiger partial charge in [-0.25, -0.2) is 5.48 Å². The molecule has 0 aliphatic carbocycles.